The fraction of sp³-hybridized carbons (Fsp3) is 0.308. The second-order valence-electron chi connectivity index (χ2n) is 4.99. The first-order valence-electron chi connectivity index (χ1n) is 7.02. The standard InChI is InChI=1S/C13H15N5O3S3/c1-8-7-10(9(2)22-8)24(20,21)16-6-5-14-12-17-18-11(19)3-4-15-13(18)23-12/h3-4,7,16H,5-6H2,1-2H3,(H,14,17). The van der Waals surface area contributed by atoms with Crippen LogP contribution in [0.1, 0.15) is 9.75 Å². The first kappa shape index (κ1) is 17.0. The molecule has 0 aromatic carbocycles. The lowest BCUT2D eigenvalue weighted by Crippen LogP contribution is -2.29. The third kappa shape index (κ3) is 3.48. The zero-order valence-electron chi connectivity index (χ0n) is 12.9. The van der Waals surface area contributed by atoms with Gasteiger partial charge in [0.25, 0.3) is 5.56 Å². The highest BCUT2D eigenvalue weighted by Gasteiger charge is 2.18. The lowest BCUT2D eigenvalue weighted by atomic mass is 10.4. The van der Waals surface area contributed by atoms with E-state index in [9.17, 15) is 13.2 Å². The zero-order chi connectivity index (χ0) is 17.3. The summed E-state index contributed by atoms with van der Waals surface area (Å²) in [7, 11) is -3.52. The van der Waals surface area contributed by atoms with E-state index in [1.807, 2.05) is 6.92 Å². The van der Waals surface area contributed by atoms with Gasteiger partial charge in [0, 0.05) is 35.1 Å². The van der Waals surface area contributed by atoms with E-state index in [0.717, 1.165) is 9.75 Å². The Balaban J connectivity index is 1.61. The first-order chi connectivity index (χ1) is 11.4. The molecule has 0 radical (unpaired) electrons. The number of fused-ring (bicyclic) bond motifs is 1. The molecule has 0 saturated carbocycles. The van der Waals surface area contributed by atoms with E-state index in [-0.39, 0.29) is 12.1 Å². The third-order valence-corrected chi connectivity index (χ3v) is 6.71. The van der Waals surface area contributed by atoms with Gasteiger partial charge in [0.05, 0.1) is 4.90 Å². The lowest BCUT2D eigenvalue weighted by molar-refractivity contribution is 0.582. The van der Waals surface area contributed by atoms with Gasteiger partial charge >= 0.3 is 0 Å². The maximum Gasteiger partial charge on any atom is 0.275 e. The molecular formula is C13H15N5O3S3. The average Bonchev–Trinajstić information content (AvgIpc) is 3.08. The normalized spacial score (nSPS) is 11.9. The number of anilines is 1. The van der Waals surface area contributed by atoms with Gasteiger partial charge in [-0.2, -0.15) is 4.52 Å². The molecule has 0 aliphatic heterocycles. The Bertz CT molecular complexity index is 1030. The number of rotatable bonds is 6. The van der Waals surface area contributed by atoms with Gasteiger partial charge in [0.2, 0.25) is 20.1 Å². The average molecular weight is 385 g/mol. The Morgan fingerprint density at radius 1 is 1.25 bits per heavy atom. The van der Waals surface area contributed by atoms with Crippen LogP contribution in [0, 0.1) is 13.8 Å². The van der Waals surface area contributed by atoms with E-state index in [0.29, 0.717) is 21.5 Å². The Morgan fingerprint density at radius 3 is 2.71 bits per heavy atom. The Kier molecular flexibility index (Phi) is 4.67. The molecule has 11 heteroatoms. The summed E-state index contributed by atoms with van der Waals surface area (Å²) in [5, 5.41) is 7.59. The molecule has 24 heavy (non-hydrogen) atoms. The lowest BCUT2D eigenvalue weighted by Gasteiger charge is -2.06. The van der Waals surface area contributed by atoms with E-state index in [2.05, 4.69) is 20.1 Å². The van der Waals surface area contributed by atoms with Gasteiger partial charge in [-0.1, -0.05) is 11.3 Å². The van der Waals surface area contributed by atoms with Crippen molar-refractivity contribution in [3.05, 3.63) is 38.4 Å². The number of nitrogens with one attached hydrogen (secondary N) is 2. The maximum atomic E-state index is 12.3. The van der Waals surface area contributed by atoms with Crippen molar-refractivity contribution >= 4 is 42.8 Å². The second-order valence-corrected chi connectivity index (χ2v) is 9.14. The van der Waals surface area contributed by atoms with Crippen LogP contribution in [-0.2, 0) is 10.0 Å². The zero-order valence-corrected chi connectivity index (χ0v) is 15.4. The third-order valence-electron chi connectivity index (χ3n) is 3.15. The van der Waals surface area contributed by atoms with Crippen molar-refractivity contribution in [2.75, 3.05) is 18.4 Å². The largest absolute Gasteiger partial charge is 0.359 e. The molecule has 0 saturated heterocycles. The van der Waals surface area contributed by atoms with Crippen LogP contribution >= 0.6 is 22.7 Å². The van der Waals surface area contributed by atoms with E-state index in [4.69, 9.17) is 0 Å². The highest BCUT2D eigenvalue weighted by Crippen LogP contribution is 2.24. The molecule has 0 fully saturated rings. The van der Waals surface area contributed by atoms with Crippen LogP contribution in [0.4, 0.5) is 5.13 Å². The summed E-state index contributed by atoms with van der Waals surface area (Å²) in [6, 6.07) is 3.00. The van der Waals surface area contributed by atoms with Crippen LogP contribution in [-0.4, -0.2) is 36.1 Å². The predicted molar refractivity (Wildman–Crippen MR) is 94.6 cm³/mol. The molecule has 3 aromatic rings. The molecular weight excluding hydrogens is 370 g/mol. The topological polar surface area (TPSA) is 105 Å². The molecule has 0 spiro atoms. The molecule has 0 bridgehead atoms. The van der Waals surface area contributed by atoms with Gasteiger partial charge in [-0.15, -0.1) is 16.4 Å². The van der Waals surface area contributed by atoms with Crippen LogP contribution in [0.25, 0.3) is 4.96 Å². The quantitative estimate of drug-likeness (QED) is 0.618. The number of aryl methyl sites for hydroxylation is 2. The molecule has 2 N–H and O–H groups in total. The molecule has 0 unspecified atom stereocenters. The van der Waals surface area contributed by atoms with Crippen LogP contribution in [0.3, 0.4) is 0 Å². The van der Waals surface area contributed by atoms with E-state index in [1.54, 1.807) is 13.0 Å². The summed E-state index contributed by atoms with van der Waals surface area (Å²) in [6.45, 7) is 4.21. The Hall–Kier alpha value is -1.82. The fourth-order valence-electron chi connectivity index (χ4n) is 2.12. The highest BCUT2D eigenvalue weighted by molar-refractivity contribution is 7.89. The van der Waals surface area contributed by atoms with Crippen LogP contribution in [0.2, 0.25) is 0 Å². The molecule has 3 aromatic heterocycles. The minimum atomic E-state index is -3.52. The van der Waals surface area contributed by atoms with Gasteiger partial charge in [-0.3, -0.25) is 4.79 Å². The SMILES string of the molecule is Cc1cc(S(=O)(=O)NCCNc2nn3c(=O)ccnc3s2)c(C)s1. The van der Waals surface area contributed by atoms with E-state index in [1.165, 1.54) is 39.5 Å². The first-order valence-corrected chi connectivity index (χ1v) is 10.1. The van der Waals surface area contributed by atoms with Crippen molar-refractivity contribution in [2.24, 2.45) is 0 Å². The molecule has 0 aliphatic rings. The highest BCUT2D eigenvalue weighted by atomic mass is 32.2. The molecule has 0 amide bonds. The minimum Gasteiger partial charge on any atom is -0.359 e. The van der Waals surface area contributed by atoms with Gasteiger partial charge in [0.1, 0.15) is 0 Å². The summed E-state index contributed by atoms with van der Waals surface area (Å²) in [5.41, 5.74) is -0.256. The smallest absolute Gasteiger partial charge is 0.275 e. The van der Waals surface area contributed by atoms with Crippen molar-refractivity contribution in [3.63, 3.8) is 0 Å². The van der Waals surface area contributed by atoms with Crippen molar-refractivity contribution in [3.8, 4) is 0 Å². The monoisotopic (exact) mass is 385 g/mol. The molecule has 128 valence electrons. The van der Waals surface area contributed by atoms with Gasteiger partial charge in [0.15, 0.2) is 0 Å². The number of aromatic nitrogens is 3. The molecule has 8 nitrogen and oxygen atoms in total. The summed E-state index contributed by atoms with van der Waals surface area (Å²) in [6.07, 6.45) is 1.43. The fourth-order valence-corrected chi connectivity index (χ4v) is 5.51. The molecule has 3 rings (SSSR count). The van der Waals surface area contributed by atoms with Crippen molar-refractivity contribution in [1.82, 2.24) is 19.3 Å². The van der Waals surface area contributed by atoms with Gasteiger partial charge in [-0.05, 0) is 19.9 Å². The van der Waals surface area contributed by atoms with Crippen molar-refractivity contribution in [2.45, 2.75) is 18.7 Å². The summed E-state index contributed by atoms with van der Waals surface area (Å²) < 4.78 is 28.3. The summed E-state index contributed by atoms with van der Waals surface area (Å²) in [4.78, 5) is 18.2. The van der Waals surface area contributed by atoms with Gasteiger partial charge < -0.3 is 5.32 Å². The number of thiophene rings is 1. The minimum absolute atomic E-state index is 0.203. The van der Waals surface area contributed by atoms with Gasteiger partial charge in [-0.25, -0.2) is 18.1 Å². The summed E-state index contributed by atoms with van der Waals surface area (Å²) in [5.74, 6) is 0. The van der Waals surface area contributed by atoms with E-state index >= 15 is 0 Å². The Labute approximate surface area is 146 Å². The predicted octanol–water partition coefficient (Wildman–Crippen LogP) is 1.22. The van der Waals surface area contributed by atoms with Crippen molar-refractivity contribution in [1.29, 1.82) is 0 Å². The number of hydrogen-bond acceptors (Lipinski definition) is 8. The second kappa shape index (κ2) is 6.59. The Morgan fingerprint density at radius 2 is 2.04 bits per heavy atom. The van der Waals surface area contributed by atoms with Crippen LogP contribution < -0.4 is 15.6 Å². The summed E-state index contributed by atoms with van der Waals surface area (Å²) >= 11 is 2.68. The van der Waals surface area contributed by atoms with Crippen LogP contribution in [0.15, 0.2) is 28.0 Å². The maximum absolute atomic E-state index is 12.3. The number of hydrogen-bond donors (Lipinski definition) is 2. The van der Waals surface area contributed by atoms with Crippen LogP contribution in [0.5, 0.6) is 0 Å². The number of nitrogens with zero attached hydrogens (tertiary/aromatic N) is 3. The molecule has 3 heterocycles. The van der Waals surface area contributed by atoms with E-state index < -0.39 is 10.0 Å². The molecule has 0 aliphatic carbocycles. The van der Waals surface area contributed by atoms with Crippen molar-refractivity contribution < 1.29 is 8.42 Å². The number of sulfonamides is 1. The molecule has 0 atom stereocenters.